The van der Waals surface area contributed by atoms with Crippen LogP contribution in [-0.4, -0.2) is 21.5 Å². The molecule has 0 radical (unpaired) electrons. The molecule has 1 unspecified atom stereocenters. The molecule has 0 bridgehead atoms. The van der Waals surface area contributed by atoms with Gasteiger partial charge >= 0.3 is 0 Å². The van der Waals surface area contributed by atoms with E-state index in [1.54, 1.807) is 24.4 Å². The van der Waals surface area contributed by atoms with Gasteiger partial charge in [0.25, 0.3) is 0 Å². The summed E-state index contributed by atoms with van der Waals surface area (Å²) < 4.78 is 16.2. The van der Waals surface area contributed by atoms with Crippen molar-refractivity contribution in [2.75, 3.05) is 6.54 Å². The predicted molar refractivity (Wildman–Crippen MR) is 81.9 cm³/mol. The molecule has 1 heterocycles. The van der Waals surface area contributed by atoms with Gasteiger partial charge in [-0.15, -0.1) is 5.10 Å². The number of halogens is 2. The summed E-state index contributed by atoms with van der Waals surface area (Å²) in [5.74, 6) is -0.392. The van der Waals surface area contributed by atoms with E-state index in [1.165, 1.54) is 0 Å². The van der Waals surface area contributed by atoms with Gasteiger partial charge in [0, 0.05) is 12.1 Å². The molecule has 1 N–H and O–H groups in total. The van der Waals surface area contributed by atoms with Crippen molar-refractivity contribution in [1.82, 2.24) is 20.3 Å². The van der Waals surface area contributed by atoms with Crippen LogP contribution in [0, 0.1) is 5.82 Å². The largest absolute Gasteiger partial charge is 0.305 e. The highest BCUT2D eigenvalue weighted by Crippen LogP contribution is 2.28. The molecule has 1 atom stereocenters. The summed E-state index contributed by atoms with van der Waals surface area (Å²) >= 11 is 5.91. The van der Waals surface area contributed by atoms with E-state index in [1.807, 2.05) is 4.68 Å². The van der Waals surface area contributed by atoms with E-state index in [2.05, 4.69) is 29.5 Å². The molecule has 0 saturated heterocycles. The Morgan fingerprint density at radius 1 is 1.33 bits per heavy atom. The van der Waals surface area contributed by atoms with E-state index in [-0.39, 0.29) is 11.1 Å². The summed E-state index contributed by atoms with van der Waals surface area (Å²) in [5.41, 5.74) is 1.38. The van der Waals surface area contributed by atoms with Crippen LogP contribution >= 0.6 is 11.6 Å². The highest BCUT2D eigenvalue weighted by atomic mass is 35.5. The van der Waals surface area contributed by atoms with Crippen LogP contribution in [0.5, 0.6) is 0 Å². The van der Waals surface area contributed by atoms with Gasteiger partial charge in [0.05, 0.1) is 23.0 Å². The smallest absolute Gasteiger partial charge is 0.146 e. The molecule has 0 aliphatic rings. The number of rotatable bonds is 7. The molecule has 114 valence electrons. The SMILES string of the molecule is CCCNC(c1cccc(Cl)c1F)c1cnnn1CCC. The van der Waals surface area contributed by atoms with E-state index in [0.717, 1.165) is 31.6 Å². The van der Waals surface area contributed by atoms with Crippen LogP contribution in [0.4, 0.5) is 4.39 Å². The van der Waals surface area contributed by atoms with Crippen LogP contribution in [0.3, 0.4) is 0 Å². The van der Waals surface area contributed by atoms with Crippen LogP contribution in [0.25, 0.3) is 0 Å². The molecule has 2 aromatic rings. The molecule has 6 heteroatoms. The molecule has 1 aromatic carbocycles. The molecular weight excluding hydrogens is 291 g/mol. The van der Waals surface area contributed by atoms with Crippen LogP contribution in [0.15, 0.2) is 24.4 Å². The molecule has 0 amide bonds. The Kier molecular flexibility index (Phi) is 5.70. The zero-order valence-corrected chi connectivity index (χ0v) is 13.1. The lowest BCUT2D eigenvalue weighted by Gasteiger charge is -2.20. The fourth-order valence-electron chi connectivity index (χ4n) is 2.28. The third kappa shape index (κ3) is 3.60. The molecule has 21 heavy (non-hydrogen) atoms. The van der Waals surface area contributed by atoms with Crippen molar-refractivity contribution in [3.8, 4) is 0 Å². The van der Waals surface area contributed by atoms with Crippen molar-refractivity contribution in [3.05, 3.63) is 46.5 Å². The maximum Gasteiger partial charge on any atom is 0.146 e. The normalized spacial score (nSPS) is 12.6. The lowest BCUT2D eigenvalue weighted by Crippen LogP contribution is -2.26. The molecule has 0 aliphatic heterocycles. The first kappa shape index (κ1) is 15.9. The highest BCUT2D eigenvalue weighted by molar-refractivity contribution is 6.30. The van der Waals surface area contributed by atoms with Crippen molar-refractivity contribution in [2.45, 2.75) is 39.3 Å². The van der Waals surface area contributed by atoms with Gasteiger partial charge in [-0.25, -0.2) is 9.07 Å². The lowest BCUT2D eigenvalue weighted by atomic mass is 10.0. The van der Waals surface area contributed by atoms with Crippen LogP contribution in [-0.2, 0) is 6.54 Å². The first-order chi connectivity index (χ1) is 10.2. The minimum Gasteiger partial charge on any atom is -0.305 e. The topological polar surface area (TPSA) is 42.7 Å². The Morgan fingerprint density at radius 3 is 2.86 bits per heavy atom. The maximum absolute atomic E-state index is 14.4. The van der Waals surface area contributed by atoms with Crippen molar-refractivity contribution in [2.24, 2.45) is 0 Å². The molecule has 2 rings (SSSR count). The van der Waals surface area contributed by atoms with E-state index >= 15 is 0 Å². The van der Waals surface area contributed by atoms with Gasteiger partial charge in [-0.05, 0) is 25.5 Å². The summed E-state index contributed by atoms with van der Waals surface area (Å²) in [6.45, 7) is 5.66. The fraction of sp³-hybridized carbons (Fsp3) is 0.467. The minimum atomic E-state index is -0.392. The van der Waals surface area contributed by atoms with Crippen molar-refractivity contribution in [3.63, 3.8) is 0 Å². The summed E-state index contributed by atoms with van der Waals surface area (Å²) in [6.07, 6.45) is 3.58. The second-order valence-corrected chi connectivity index (χ2v) is 5.32. The van der Waals surface area contributed by atoms with Gasteiger partial charge in [0.1, 0.15) is 5.82 Å². The Hall–Kier alpha value is -1.46. The quantitative estimate of drug-likeness (QED) is 0.850. The Labute approximate surface area is 129 Å². The average molecular weight is 311 g/mol. The molecule has 1 aromatic heterocycles. The first-order valence-electron chi connectivity index (χ1n) is 7.24. The molecule has 4 nitrogen and oxygen atoms in total. The van der Waals surface area contributed by atoms with Gasteiger partial charge in [0.15, 0.2) is 0 Å². The van der Waals surface area contributed by atoms with Gasteiger partial charge in [-0.3, -0.25) is 0 Å². The number of benzene rings is 1. The standard InChI is InChI=1S/C15H20ClFN4/c1-3-8-18-15(11-6-5-7-12(16)14(11)17)13-10-19-20-21(13)9-4-2/h5-7,10,15,18H,3-4,8-9H2,1-2H3. The average Bonchev–Trinajstić information content (AvgIpc) is 2.92. The van der Waals surface area contributed by atoms with Crippen LogP contribution in [0.1, 0.15) is 44.0 Å². The highest BCUT2D eigenvalue weighted by Gasteiger charge is 2.22. The first-order valence-corrected chi connectivity index (χ1v) is 7.62. The molecule has 0 saturated carbocycles. The molecule has 0 aliphatic carbocycles. The monoisotopic (exact) mass is 310 g/mol. The molecular formula is C15H20ClFN4. The summed E-state index contributed by atoms with van der Waals surface area (Å²) in [7, 11) is 0. The van der Waals surface area contributed by atoms with E-state index < -0.39 is 5.82 Å². The van der Waals surface area contributed by atoms with E-state index in [0.29, 0.717) is 5.56 Å². The number of aromatic nitrogens is 3. The Bertz CT molecular complexity index is 585. The Morgan fingerprint density at radius 2 is 2.14 bits per heavy atom. The number of nitrogens with zero attached hydrogens (tertiary/aromatic N) is 3. The lowest BCUT2D eigenvalue weighted by molar-refractivity contribution is 0.489. The van der Waals surface area contributed by atoms with Gasteiger partial charge in [-0.2, -0.15) is 0 Å². The van der Waals surface area contributed by atoms with Gasteiger partial charge < -0.3 is 5.32 Å². The van der Waals surface area contributed by atoms with Crippen molar-refractivity contribution >= 4 is 11.6 Å². The predicted octanol–water partition coefficient (Wildman–Crippen LogP) is 3.57. The number of hydrogen-bond acceptors (Lipinski definition) is 3. The third-order valence-corrected chi connectivity index (χ3v) is 3.56. The zero-order valence-electron chi connectivity index (χ0n) is 12.3. The summed E-state index contributed by atoms with van der Waals surface area (Å²) in [4.78, 5) is 0. The van der Waals surface area contributed by atoms with Gasteiger partial charge in [0.2, 0.25) is 0 Å². The summed E-state index contributed by atoms with van der Waals surface area (Å²) in [6, 6.07) is 4.76. The molecule has 0 fully saturated rings. The second kappa shape index (κ2) is 7.52. The second-order valence-electron chi connectivity index (χ2n) is 4.91. The summed E-state index contributed by atoms with van der Waals surface area (Å²) in [5, 5.41) is 11.5. The maximum atomic E-state index is 14.4. The van der Waals surface area contributed by atoms with Crippen molar-refractivity contribution < 1.29 is 4.39 Å². The number of aryl methyl sites for hydroxylation is 1. The van der Waals surface area contributed by atoms with E-state index in [9.17, 15) is 4.39 Å². The molecule has 0 spiro atoms. The van der Waals surface area contributed by atoms with Gasteiger partial charge in [-0.1, -0.05) is 42.8 Å². The van der Waals surface area contributed by atoms with Crippen LogP contribution in [0.2, 0.25) is 5.02 Å². The van der Waals surface area contributed by atoms with Crippen LogP contribution < -0.4 is 5.32 Å². The number of hydrogen-bond donors (Lipinski definition) is 1. The third-order valence-electron chi connectivity index (χ3n) is 3.27. The fourth-order valence-corrected chi connectivity index (χ4v) is 2.46. The van der Waals surface area contributed by atoms with Crippen molar-refractivity contribution in [1.29, 1.82) is 0 Å². The zero-order chi connectivity index (χ0) is 15.2. The number of nitrogens with one attached hydrogen (secondary N) is 1. The minimum absolute atomic E-state index is 0.130. The van der Waals surface area contributed by atoms with E-state index in [4.69, 9.17) is 11.6 Å². The Balaban J connectivity index is 2.42.